The second-order valence-electron chi connectivity index (χ2n) is 5.12. The summed E-state index contributed by atoms with van der Waals surface area (Å²) in [5.41, 5.74) is 10.1. The van der Waals surface area contributed by atoms with Crippen LogP contribution in [0.5, 0.6) is 0 Å². The summed E-state index contributed by atoms with van der Waals surface area (Å²) in [6.07, 6.45) is 1.91. The number of benzene rings is 2. The fourth-order valence-corrected chi connectivity index (χ4v) is 3.21. The zero-order valence-electron chi connectivity index (χ0n) is 10.4. The van der Waals surface area contributed by atoms with Gasteiger partial charge in [0.15, 0.2) is 0 Å². The second-order valence-corrected chi connectivity index (χ2v) is 5.94. The largest absolute Gasteiger partial charge is 0.327 e. The van der Waals surface area contributed by atoms with E-state index in [1.165, 1.54) is 16.7 Å². The van der Waals surface area contributed by atoms with Crippen LogP contribution >= 0.6 is 23.2 Å². The third-order valence-electron chi connectivity index (χ3n) is 3.80. The summed E-state index contributed by atoms with van der Waals surface area (Å²) in [6.45, 7) is 0. The van der Waals surface area contributed by atoms with Crippen molar-refractivity contribution in [1.82, 2.24) is 0 Å². The van der Waals surface area contributed by atoms with Crippen LogP contribution in [0.1, 0.15) is 29.0 Å². The van der Waals surface area contributed by atoms with E-state index in [2.05, 4.69) is 24.3 Å². The topological polar surface area (TPSA) is 26.0 Å². The molecule has 2 aromatic carbocycles. The molecular weight excluding hydrogens is 277 g/mol. The van der Waals surface area contributed by atoms with Gasteiger partial charge in [-0.3, -0.25) is 0 Å². The van der Waals surface area contributed by atoms with Crippen molar-refractivity contribution in [2.45, 2.75) is 24.8 Å². The number of fused-ring (bicyclic) bond motifs is 1. The highest BCUT2D eigenvalue weighted by Crippen LogP contribution is 2.38. The molecule has 0 aromatic heterocycles. The van der Waals surface area contributed by atoms with Gasteiger partial charge in [0.05, 0.1) is 10.0 Å². The zero-order valence-corrected chi connectivity index (χ0v) is 12.0. The summed E-state index contributed by atoms with van der Waals surface area (Å²) < 4.78 is 0. The fourth-order valence-electron chi connectivity index (χ4n) is 2.90. The fraction of sp³-hybridized carbons (Fsp3) is 0.250. The maximum absolute atomic E-state index is 6.19. The van der Waals surface area contributed by atoms with Crippen molar-refractivity contribution in [2.24, 2.45) is 5.73 Å². The molecule has 2 N–H and O–H groups in total. The minimum absolute atomic E-state index is 0.203. The van der Waals surface area contributed by atoms with Crippen molar-refractivity contribution in [3.63, 3.8) is 0 Å². The maximum atomic E-state index is 6.19. The van der Waals surface area contributed by atoms with Gasteiger partial charge in [-0.1, -0.05) is 53.5 Å². The molecule has 2 aromatic rings. The van der Waals surface area contributed by atoms with Crippen molar-refractivity contribution in [3.8, 4) is 0 Å². The zero-order chi connectivity index (χ0) is 13.4. The summed E-state index contributed by atoms with van der Waals surface area (Å²) in [7, 11) is 0. The molecule has 2 atom stereocenters. The van der Waals surface area contributed by atoms with Crippen LogP contribution < -0.4 is 5.73 Å². The molecule has 0 bridgehead atoms. The monoisotopic (exact) mass is 291 g/mol. The lowest BCUT2D eigenvalue weighted by atomic mass is 9.77. The Labute approximate surface area is 123 Å². The molecule has 0 unspecified atom stereocenters. The van der Waals surface area contributed by atoms with Gasteiger partial charge in [-0.2, -0.15) is 0 Å². The van der Waals surface area contributed by atoms with Gasteiger partial charge in [-0.05, 0) is 41.7 Å². The smallest absolute Gasteiger partial charge is 0.0595 e. The van der Waals surface area contributed by atoms with Gasteiger partial charge in [0.2, 0.25) is 0 Å². The first-order valence-electron chi connectivity index (χ1n) is 6.43. The molecule has 3 heteroatoms. The van der Waals surface area contributed by atoms with Crippen molar-refractivity contribution in [1.29, 1.82) is 0 Å². The molecule has 98 valence electrons. The van der Waals surface area contributed by atoms with E-state index in [4.69, 9.17) is 28.9 Å². The first-order chi connectivity index (χ1) is 9.15. The Bertz CT molecular complexity index is 609. The Morgan fingerprint density at radius 2 is 1.79 bits per heavy atom. The Balaban J connectivity index is 2.07. The minimum Gasteiger partial charge on any atom is -0.327 e. The average molecular weight is 292 g/mol. The Morgan fingerprint density at radius 3 is 2.58 bits per heavy atom. The summed E-state index contributed by atoms with van der Waals surface area (Å²) in [4.78, 5) is 0. The second kappa shape index (κ2) is 5.16. The first-order valence-corrected chi connectivity index (χ1v) is 7.19. The summed E-state index contributed by atoms with van der Waals surface area (Å²) in [5, 5.41) is 1.20. The molecule has 3 rings (SSSR count). The van der Waals surface area contributed by atoms with Gasteiger partial charge in [0, 0.05) is 12.0 Å². The molecule has 0 saturated carbocycles. The lowest BCUT2D eigenvalue weighted by molar-refractivity contribution is 0.531. The van der Waals surface area contributed by atoms with Gasteiger partial charge in [-0.15, -0.1) is 0 Å². The van der Waals surface area contributed by atoms with E-state index in [1.54, 1.807) is 0 Å². The summed E-state index contributed by atoms with van der Waals surface area (Å²) >= 11 is 12.1. The molecule has 0 radical (unpaired) electrons. The van der Waals surface area contributed by atoms with Crippen LogP contribution in [0.15, 0.2) is 42.5 Å². The number of hydrogen-bond donors (Lipinski definition) is 1. The van der Waals surface area contributed by atoms with Crippen LogP contribution in [0, 0.1) is 0 Å². The quantitative estimate of drug-likeness (QED) is 0.828. The molecule has 1 nitrogen and oxygen atoms in total. The highest BCUT2D eigenvalue weighted by atomic mass is 35.5. The van der Waals surface area contributed by atoms with E-state index < -0.39 is 0 Å². The van der Waals surface area contributed by atoms with E-state index in [0.29, 0.717) is 16.0 Å². The van der Waals surface area contributed by atoms with E-state index in [0.717, 1.165) is 12.8 Å². The normalized spacial score (nSPS) is 22.1. The number of nitrogens with two attached hydrogens (primary N) is 1. The van der Waals surface area contributed by atoms with Crippen molar-refractivity contribution in [3.05, 3.63) is 69.2 Å². The standard InChI is InChI=1S/C16H15Cl2N/c17-15-6-5-11(8-16(15)18)14-9-12(19)7-10-3-1-2-4-13(10)14/h1-6,8,12,14H,7,9,19H2/t12-,14+/m0/s1. The molecule has 0 aliphatic heterocycles. The number of halogens is 2. The van der Waals surface area contributed by atoms with E-state index >= 15 is 0 Å². The van der Waals surface area contributed by atoms with E-state index in [1.807, 2.05) is 18.2 Å². The SMILES string of the molecule is N[C@H]1Cc2ccccc2[C@@H](c2ccc(Cl)c(Cl)c2)C1. The molecule has 19 heavy (non-hydrogen) atoms. The van der Waals surface area contributed by atoms with E-state index in [-0.39, 0.29) is 6.04 Å². The molecule has 0 heterocycles. The maximum Gasteiger partial charge on any atom is 0.0595 e. The van der Waals surface area contributed by atoms with Crippen LogP contribution in [0.3, 0.4) is 0 Å². The third kappa shape index (κ3) is 2.51. The van der Waals surface area contributed by atoms with Crippen LogP contribution in [-0.2, 0) is 6.42 Å². The van der Waals surface area contributed by atoms with Gasteiger partial charge in [0.1, 0.15) is 0 Å². The minimum atomic E-state index is 0.203. The lowest BCUT2D eigenvalue weighted by Crippen LogP contribution is -2.30. The van der Waals surface area contributed by atoms with Crippen LogP contribution in [0.25, 0.3) is 0 Å². The molecule has 0 saturated heterocycles. The van der Waals surface area contributed by atoms with Crippen LogP contribution in [0.2, 0.25) is 10.0 Å². The number of rotatable bonds is 1. The summed E-state index contributed by atoms with van der Waals surface area (Å²) in [6, 6.07) is 14.6. The van der Waals surface area contributed by atoms with Gasteiger partial charge in [0.25, 0.3) is 0 Å². The van der Waals surface area contributed by atoms with Crippen LogP contribution in [0.4, 0.5) is 0 Å². The highest BCUT2D eigenvalue weighted by Gasteiger charge is 2.26. The predicted molar refractivity (Wildman–Crippen MR) is 81.0 cm³/mol. The molecular formula is C16H15Cl2N. The Kier molecular flexibility index (Phi) is 3.53. The van der Waals surface area contributed by atoms with Gasteiger partial charge < -0.3 is 5.73 Å². The molecule has 1 aliphatic carbocycles. The predicted octanol–water partition coefficient (Wildman–Crippen LogP) is 4.40. The number of hydrogen-bond acceptors (Lipinski definition) is 1. The van der Waals surface area contributed by atoms with Gasteiger partial charge >= 0.3 is 0 Å². The van der Waals surface area contributed by atoms with Crippen molar-refractivity contribution >= 4 is 23.2 Å². The third-order valence-corrected chi connectivity index (χ3v) is 4.54. The Morgan fingerprint density at radius 1 is 1.00 bits per heavy atom. The van der Waals surface area contributed by atoms with E-state index in [9.17, 15) is 0 Å². The molecule has 0 amide bonds. The Hall–Kier alpha value is -1.02. The van der Waals surface area contributed by atoms with Crippen molar-refractivity contribution in [2.75, 3.05) is 0 Å². The first kappa shape index (κ1) is 13.0. The van der Waals surface area contributed by atoms with Gasteiger partial charge in [-0.25, -0.2) is 0 Å². The highest BCUT2D eigenvalue weighted by molar-refractivity contribution is 6.42. The summed E-state index contributed by atoms with van der Waals surface area (Å²) in [5.74, 6) is 0.315. The molecule has 1 aliphatic rings. The molecule has 0 spiro atoms. The van der Waals surface area contributed by atoms with Crippen LogP contribution in [-0.4, -0.2) is 6.04 Å². The lowest BCUT2D eigenvalue weighted by Gasteiger charge is -2.30. The molecule has 0 fully saturated rings. The van der Waals surface area contributed by atoms with Crippen molar-refractivity contribution < 1.29 is 0 Å². The average Bonchev–Trinajstić information content (AvgIpc) is 2.41.